The standard InChI is InChI=1S/C29H36N4O9/c1-17(31-25(35)16-18-10-12-20(13-11-18)19-6-3-2-4-7-19)26(36)33-23(29(41)42)14-15-24(34)32-22(28(39)40)9-5-8-21(30)27(37)38/h2-4,6-7,10-13,17,21-23H,5,8-9,14-16,30H2,1H3,(H,31,35)(H,32,34)(H,33,36)(H,37,38)(H,39,40)(H,41,42). The molecule has 0 heterocycles. The van der Waals surface area contributed by atoms with Gasteiger partial charge in [-0.25, -0.2) is 9.59 Å². The molecule has 0 spiro atoms. The number of carboxylic acid groups (broad SMARTS) is 3. The Kier molecular flexibility index (Phi) is 13.1. The maximum atomic E-state index is 12.6. The summed E-state index contributed by atoms with van der Waals surface area (Å²) in [6.07, 6.45) is -0.677. The average molecular weight is 585 g/mol. The molecule has 2 rings (SSSR count). The number of nitrogens with one attached hydrogen (secondary N) is 3. The summed E-state index contributed by atoms with van der Waals surface area (Å²) in [5.74, 6) is -5.95. The van der Waals surface area contributed by atoms with Gasteiger partial charge in [0.1, 0.15) is 24.2 Å². The molecular formula is C29H36N4O9. The van der Waals surface area contributed by atoms with Gasteiger partial charge in [0, 0.05) is 6.42 Å². The first-order valence-electron chi connectivity index (χ1n) is 13.3. The van der Waals surface area contributed by atoms with E-state index in [0.29, 0.717) is 0 Å². The number of hydrogen-bond acceptors (Lipinski definition) is 7. The van der Waals surface area contributed by atoms with Gasteiger partial charge in [0.2, 0.25) is 17.7 Å². The summed E-state index contributed by atoms with van der Waals surface area (Å²) in [4.78, 5) is 71.2. The molecule has 0 saturated heterocycles. The second kappa shape index (κ2) is 16.5. The molecule has 2 aromatic carbocycles. The Labute approximate surface area is 242 Å². The lowest BCUT2D eigenvalue weighted by Gasteiger charge is -2.19. The third-order valence-electron chi connectivity index (χ3n) is 6.43. The molecule has 13 heteroatoms. The first kappa shape index (κ1) is 33.4. The van der Waals surface area contributed by atoms with E-state index in [-0.39, 0.29) is 32.1 Å². The summed E-state index contributed by atoms with van der Waals surface area (Å²) in [6.45, 7) is 1.39. The Bertz CT molecular complexity index is 1250. The van der Waals surface area contributed by atoms with Crippen LogP contribution >= 0.6 is 0 Å². The monoisotopic (exact) mass is 584 g/mol. The van der Waals surface area contributed by atoms with Gasteiger partial charge in [-0.2, -0.15) is 0 Å². The van der Waals surface area contributed by atoms with E-state index in [1.54, 1.807) is 12.1 Å². The Morgan fingerprint density at radius 2 is 1.26 bits per heavy atom. The van der Waals surface area contributed by atoms with E-state index in [4.69, 9.17) is 10.8 Å². The maximum Gasteiger partial charge on any atom is 0.326 e. The van der Waals surface area contributed by atoms with Crippen LogP contribution in [0.2, 0.25) is 0 Å². The molecule has 0 saturated carbocycles. The fraction of sp³-hybridized carbons (Fsp3) is 0.379. The van der Waals surface area contributed by atoms with E-state index in [1.165, 1.54) is 6.92 Å². The summed E-state index contributed by atoms with van der Waals surface area (Å²) >= 11 is 0. The van der Waals surface area contributed by atoms with Crippen molar-refractivity contribution < 1.29 is 44.1 Å². The highest BCUT2D eigenvalue weighted by atomic mass is 16.4. The minimum absolute atomic E-state index is 0.00219. The molecule has 13 nitrogen and oxygen atoms in total. The number of amides is 3. The van der Waals surface area contributed by atoms with Crippen LogP contribution in [0.3, 0.4) is 0 Å². The molecule has 4 unspecified atom stereocenters. The molecular weight excluding hydrogens is 548 g/mol. The number of carbonyl (C=O) groups excluding carboxylic acids is 3. The summed E-state index contributed by atoms with van der Waals surface area (Å²) in [5, 5.41) is 34.7. The molecule has 8 N–H and O–H groups in total. The molecule has 0 aliphatic heterocycles. The van der Waals surface area contributed by atoms with Crippen LogP contribution < -0.4 is 21.7 Å². The first-order chi connectivity index (χ1) is 19.9. The van der Waals surface area contributed by atoms with E-state index in [2.05, 4.69) is 16.0 Å². The van der Waals surface area contributed by atoms with Crippen molar-refractivity contribution in [1.82, 2.24) is 16.0 Å². The van der Waals surface area contributed by atoms with E-state index in [9.17, 15) is 39.0 Å². The van der Waals surface area contributed by atoms with Crippen molar-refractivity contribution in [1.29, 1.82) is 0 Å². The van der Waals surface area contributed by atoms with Gasteiger partial charge in [-0.1, -0.05) is 54.6 Å². The van der Waals surface area contributed by atoms with Crippen LogP contribution in [0.15, 0.2) is 54.6 Å². The lowest BCUT2D eigenvalue weighted by molar-refractivity contribution is -0.143. The fourth-order valence-electron chi connectivity index (χ4n) is 4.01. The Morgan fingerprint density at radius 3 is 1.83 bits per heavy atom. The highest BCUT2D eigenvalue weighted by Crippen LogP contribution is 2.19. The highest BCUT2D eigenvalue weighted by Gasteiger charge is 2.26. The Morgan fingerprint density at radius 1 is 0.690 bits per heavy atom. The quantitative estimate of drug-likeness (QED) is 0.139. The molecule has 0 aliphatic rings. The third kappa shape index (κ3) is 11.4. The zero-order valence-electron chi connectivity index (χ0n) is 23.1. The molecule has 42 heavy (non-hydrogen) atoms. The van der Waals surface area contributed by atoms with Crippen LogP contribution in [0.1, 0.15) is 44.6 Å². The predicted octanol–water partition coefficient (Wildman–Crippen LogP) is 0.902. The molecule has 0 bridgehead atoms. The van der Waals surface area contributed by atoms with Crippen molar-refractivity contribution in [3.8, 4) is 11.1 Å². The third-order valence-corrected chi connectivity index (χ3v) is 6.43. The molecule has 2 aromatic rings. The molecule has 3 amide bonds. The van der Waals surface area contributed by atoms with Crippen LogP contribution in [0.4, 0.5) is 0 Å². The summed E-state index contributed by atoms with van der Waals surface area (Å²) < 4.78 is 0. The summed E-state index contributed by atoms with van der Waals surface area (Å²) in [5.41, 5.74) is 8.13. The Balaban J connectivity index is 1.82. The van der Waals surface area contributed by atoms with Gasteiger partial charge in [0.15, 0.2) is 0 Å². The number of nitrogens with two attached hydrogens (primary N) is 1. The van der Waals surface area contributed by atoms with Crippen molar-refractivity contribution in [2.75, 3.05) is 0 Å². The zero-order valence-corrected chi connectivity index (χ0v) is 23.1. The van der Waals surface area contributed by atoms with Crippen LogP contribution in [0, 0.1) is 0 Å². The van der Waals surface area contributed by atoms with Gasteiger partial charge in [0.25, 0.3) is 0 Å². The predicted molar refractivity (Wildman–Crippen MR) is 151 cm³/mol. The SMILES string of the molecule is CC(NC(=O)Cc1ccc(-c2ccccc2)cc1)C(=O)NC(CCC(=O)NC(CCCC(N)C(=O)O)C(=O)O)C(=O)O. The van der Waals surface area contributed by atoms with Crippen LogP contribution in [0.25, 0.3) is 11.1 Å². The van der Waals surface area contributed by atoms with Crippen LogP contribution in [-0.2, 0) is 35.2 Å². The summed E-state index contributed by atoms with van der Waals surface area (Å²) in [6, 6.07) is 12.1. The second-order valence-electron chi connectivity index (χ2n) is 9.80. The maximum absolute atomic E-state index is 12.6. The zero-order chi connectivity index (χ0) is 31.2. The van der Waals surface area contributed by atoms with Gasteiger partial charge in [-0.3, -0.25) is 19.2 Å². The van der Waals surface area contributed by atoms with E-state index >= 15 is 0 Å². The lowest BCUT2D eigenvalue weighted by Crippen LogP contribution is -2.51. The Hall–Kier alpha value is -4.78. The number of carbonyl (C=O) groups is 6. The van der Waals surface area contributed by atoms with Crippen molar-refractivity contribution in [3.63, 3.8) is 0 Å². The van der Waals surface area contributed by atoms with Crippen LogP contribution in [-0.4, -0.2) is 75.1 Å². The van der Waals surface area contributed by atoms with E-state index in [1.807, 2.05) is 42.5 Å². The second-order valence-corrected chi connectivity index (χ2v) is 9.80. The normalized spacial score (nSPS) is 13.6. The number of benzene rings is 2. The topological polar surface area (TPSA) is 225 Å². The van der Waals surface area contributed by atoms with Gasteiger partial charge < -0.3 is 37.0 Å². The highest BCUT2D eigenvalue weighted by molar-refractivity contribution is 5.91. The molecule has 0 aromatic heterocycles. The molecule has 0 radical (unpaired) electrons. The summed E-state index contributed by atoms with van der Waals surface area (Å²) in [7, 11) is 0. The van der Waals surface area contributed by atoms with Crippen molar-refractivity contribution in [2.45, 2.75) is 69.6 Å². The van der Waals surface area contributed by atoms with Gasteiger partial charge in [-0.15, -0.1) is 0 Å². The number of rotatable bonds is 17. The number of aliphatic carboxylic acids is 3. The minimum atomic E-state index is -1.47. The van der Waals surface area contributed by atoms with Crippen molar-refractivity contribution >= 4 is 35.6 Å². The van der Waals surface area contributed by atoms with E-state index < -0.39 is 66.2 Å². The fourth-order valence-corrected chi connectivity index (χ4v) is 4.01. The number of hydrogen-bond donors (Lipinski definition) is 7. The average Bonchev–Trinajstić information content (AvgIpc) is 2.94. The minimum Gasteiger partial charge on any atom is -0.480 e. The lowest BCUT2D eigenvalue weighted by atomic mass is 10.0. The number of carboxylic acids is 3. The molecule has 226 valence electrons. The van der Waals surface area contributed by atoms with Crippen LogP contribution in [0.5, 0.6) is 0 Å². The largest absolute Gasteiger partial charge is 0.480 e. The van der Waals surface area contributed by atoms with Crippen molar-refractivity contribution in [2.24, 2.45) is 5.73 Å². The van der Waals surface area contributed by atoms with E-state index in [0.717, 1.165) is 16.7 Å². The first-order valence-corrected chi connectivity index (χ1v) is 13.3. The molecule has 0 fully saturated rings. The molecule has 4 atom stereocenters. The van der Waals surface area contributed by atoms with Crippen molar-refractivity contribution in [3.05, 3.63) is 60.2 Å². The van der Waals surface area contributed by atoms with Gasteiger partial charge in [0.05, 0.1) is 6.42 Å². The molecule has 0 aliphatic carbocycles. The van der Waals surface area contributed by atoms with Gasteiger partial charge in [-0.05, 0) is 49.3 Å². The van der Waals surface area contributed by atoms with Gasteiger partial charge >= 0.3 is 17.9 Å². The smallest absolute Gasteiger partial charge is 0.326 e.